The van der Waals surface area contributed by atoms with Crippen molar-refractivity contribution in [1.29, 1.82) is 5.26 Å². The molecule has 0 aliphatic rings. The minimum atomic E-state index is -4.40. The largest absolute Gasteiger partial charge is 0.416 e. The maximum atomic E-state index is 12.9. The average Bonchev–Trinajstić information content (AvgIpc) is 2.41. The Morgan fingerprint density at radius 3 is 2.43 bits per heavy atom. The number of benzene rings is 2. The Morgan fingerprint density at radius 1 is 1.14 bits per heavy atom. The number of nitrogens with two attached hydrogens (primary N) is 1. The van der Waals surface area contributed by atoms with Crippen LogP contribution in [0.3, 0.4) is 0 Å². The van der Waals surface area contributed by atoms with Gasteiger partial charge in [-0.2, -0.15) is 18.4 Å². The molecule has 0 radical (unpaired) electrons. The van der Waals surface area contributed by atoms with Gasteiger partial charge in [0.25, 0.3) is 0 Å². The van der Waals surface area contributed by atoms with E-state index in [1.807, 2.05) is 6.07 Å². The molecule has 6 heteroatoms. The first-order valence-electron chi connectivity index (χ1n) is 6.06. The SMILES string of the molecule is Cc1ccc(Nc2ccc(C#N)cc2N)cc1C(F)(F)F. The molecule has 2 rings (SSSR count). The van der Waals surface area contributed by atoms with Gasteiger partial charge in [-0.25, -0.2) is 0 Å². The van der Waals surface area contributed by atoms with Crippen molar-refractivity contribution in [3.05, 3.63) is 53.1 Å². The molecule has 0 spiro atoms. The van der Waals surface area contributed by atoms with Crippen LogP contribution in [0.5, 0.6) is 0 Å². The van der Waals surface area contributed by atoms with Gasteiger partial charge < -0.3 is 11.1 Å². The summed E-state index contributed by atoms with van der Waals surface area (Å²) in [6, 6.07) is 10.5. The van der Waals surface area contributed by atoms with E-state index in [4.69, 9.17) is 11.0 Å². The fourth-order valence-electron chi connectivity index (χ4n) is 1.91. The van der Waals surface area contributed by atoms with Crippen LogP contribution in [-0.2, 0) is 6.18 Å². The third-order valence-electron chi connectivity index (χ3n) is 3.00. The molecule has 3 nitrogen and oxygen atoms in total. The van der Waals surface area contributed by atoms with Crippen molar-refractivity contribution in [1.82, 2.24) is 0 Å². The van der Waals surface area contributed by atoms with Crippen LogP contribution < -0.4 is 11.1 Å². The predicted octanol–water partition coefficient (Wildman–Crippen LogP) is 4.21. The van der Waals surface area contributed by atoms with Crippen molar-refractivity contribution in [2.45, 2.75) is 13.1 Å². The van der Waals surface area contributed by atoms with E-state index in [9.17, 15) is 13.2 Å². The molecule has 108 valence electrons. The van der Waals surface area contributed by atoms with Crippen LogP contribution >= 0.6 is 0 Å². The van der Waals surface area contributed by atoms with Gasteiger partial charge in [0, 0.05) is 5.69 Å². The number of aryl methyl sites for hydroxylation is 1. The molecule has 0 unspecified atom stereocenters. The second kappa shape index (κ2) is 5.37. The van der Waals surface area contributed by atoms with Gasteiger partial charge in [-0.1, -0.05) is 6.07 Å². The molecule has 2 aromatic carbocycles. The van der Waals surface area contributed by atoms with Gasteiger partial charge in [-0.05, 0) is 42.8 Å². The molecular formula is C15H12F3N3. The van der Waals surface area contributed by atoms with E-state index in [0.29, 0.717) is 16.9 Å². The molecule has 0 aliphatic heterocycles. The van der Waals surface area contributed by atoms with E-state index in [0.717, 1.165) is 6.07 Å². The molecule has 0 aromatic heterocycles. The lowest BCUT2D eigenvalue weighted by molar-refractivity contribution is -0.138. The number of anilines is 3. The fraction of sp³-hybridized carbons (Fsp3) is 0.133. The van der Waals surface area contributed by atoms with Gasteiger partial charge in [0.2, 0.25) is 0 Å². The zero-order chi connectivity index (χ0) is 15.6. The van der Waals surface area contributed by atoms with E-state index < -0.39 is 11.7 Å². The van der Waals surface area contributed by atoms with Crippen LogP contribution in [0.25, 0.3) is 0 Å². The van der Waals surface area contributed by atoms with Crippen LogP contribution in [0.15, 0.2) is 36.4 Å². The number of nitriles is 1. The summed E-state index contributed by atoms with van der Waals surface area (Å²) in [7, 11) is 0. The molecule has 0 fully saturated rings. The number of rotatable bonds is 2. The third-order valence-corrected chi connectivity index (χ3v) is 3.00. The van der Waals surface area contributed by atoms with Crippen molar-refractivity contribution in [3.8, 4) is 6.07 Å². The van der Waals surface area contributed by atoms with Gasteiger partial charge in [0.15, 0.2) is 0 Å². The van der Waals surface area contributed by atoms with E-state index >= 15 is 0 Å². The minimum Gasteiger partial charge on any atom is -0.397 e. The Bertz CT molecular complexity index is 715. The molecule has 0 amide bonds. The molecule has 0 heterocycles. The van der Waals surface area contributed by atoms with Crippen molar-refractivity contribution < 1.29 is 13.2 Å². The molecule has 0 saturated carbocycles. The first-order valence-corrected chi connectivity index (χ1v) is 6.06. The predicted molar refractivity (Wildman–Crippen MR) is 75.0 cm³/mol. The van der Waals surface area contributed by atoms with Crippen LogP contribution in [0.2, 0.25) is 0 Å². The lowest BCUT2D eigenvalue weighted by Gasteiger charge is -2.14. The second-order valence-electron chi connectivity index (χ2n) is 4.57. The van der Waals surface area contributed by atoms with Crippen molar-refractivity contribution in [2.24, 2.45) is 0 Å². The van der Waals surface area contributed by atoms with E-state index in [1.165, 1.54) is 25.1 Å². The lowest BCUT2D eigenvalue weighted by atomic mass is 10.1. The summed E-state index contributed by atoms with van der Waals surface area (Å²) in [6.45, 7) is 1.41. The molecule has 21 heavy (non-hydrogen) atoms. The Balaban J connectivity index is 2.35. The second-order valence-corrected chi connectivity index (χ2v) is 4.57. The molecule has 3 N–H and O–H groups in total. The molecule has 0 saturated heterocycles. The molecule has 2 aromatic rings. The number of hydrogen-bond acceptors (Lipinski definition) is 3. The molecular weight excluding hydrogens is 279 g/mol. The summed E-state index contributed by atoms with van der Waals surface area (Å²) in [5.41, 5.74) is 6.63. The van der Waals surface area contributed by atoms with Crippen LogP contribution in [-0.4, -0.2) is 0 Å². The number of nitrogens with one attached hydrogen (secondary N) is 1. The zero-order valence-electron chi connectivity index (χ0n) is 11.1. The highest BCUT2D eigenvalue weighted by Gasteiger charge is 2.32. The smallest absolute Gasteiger partial charge is 0.397 e. The van der Waals surface area contributed by atoms with Gasteiger partial charge in [0.1, 0.15) is 0 Å². The topological polar surface area (TPSA) is 61.8 Å². The number of hydrogen-bond donors (Lipinski definition) is 2. The van der Waals surface area contributed by atoms with E-state index in [-0.39, 0.29) is 11.3 Å². The van der Waals surface area contributed by atoms with Crippen molar-refractivity contribution >= 4 is 17.1 Å². The Labute approximate surface area is 119 Å². The number of alkyl halides is 3. The van der Waals surface area contributed by atoms with Crippen molar-refractivity contribution in [3.63, 3.8) is 0 Å². The fourth-order valence-corrected chi connectivity index (χ4v) is 1.91. The highest BCUT2D eigenvalue weighted by Crippen LogP contribution is 2.34. The van der Waals surface area contributed by atoms with Crippen LogP contribution in [0.4, 0.5) is 30.2 Å². The molecule has 0 aliphatic carbocycles. The maximum absolute atomic E-state index is 12.9. The third kappa shape index (κ3) is 3.26. The summed E-state index contributed by atoms with van der Waals surface area (Å²) < 4.78 is 38.6. The van der Waals surface area contributed by atoms with Gasteiger partial charge >= 0.3 is 6.18 Å². The highest BCUT2D eigenvalue weighted by molar-refractivity contribution is 5.74. The maximum Gasteiger partial charge on any atom is 0.416 e. The summed E-state index contributed by atoms with van der Waals surface area (Å²) in [5, 5.41) is 11.6. The number of nitrogen functional groups attached to an aromatic ring is 1. The molecule has 0 bridgehead atoms. The summed E-state index contributed by atoms with van der Waals surface area (Å²) in [6.07, 6.45) is -4.40. The monoisotopic (exact) mass is 291 g/mol. The summed E-state index contributed by atoms with van der Waals surface area (Å²) >= 11 is 0. The number of nitrogens with zero attached hydrogens (tertiary/aromatic N) is 1. The summed E-state index contributed by atoms with van der Waals surface area (Å²) in [4.78, 5) is 0. The standard InChI is InChI=1S/C15H12F3N3/c1-9-2-4-11(7-12(9)15(16,17)18)21-14-5-3-10(8-19)6-13(14)20/h2-7,21H,20H2,1H3. The molecule has 0 atom stereocenters. The zero-order valence-corrected chi connectivity index (χ0v) is 11.1. The normalized spacial score (nSPS) is 11.0. The van der Waals surface area contributed by atoms with Gasteiger partial charge in [-0.3, -0.25) is 0 Å². The quantitative estimate of drug-likeness (QED) is 0.815. The van der Waals surface area contributed by atoms with Gasteiger partial charge in [0.05, 0.1) is 28.6 Å². The Kier molecular flexibility index (Phi) is 3.76. The van der Waals surface area contributed by atoms with Gasteiger partial charge in [-0.15, -0.1) is 0 Å². The Morgan fingerprint density at radius 2 is 1.86 bits per heavy atom. The minimum absolute atomic E-state index is 0.154. The van der Waals surface area contributed by atoms with Crippen molar-refractivity contribution in [2.75, 3.05) is 11.1 Å². The Hall–Kier alpha value is -2.68. The summed E-state index contributed by atoms with van der Waals surface area (Å²) in [5.74, 6) is 0. The van der Waals surface area contributed by atoms with Crippen LogP contribution in [0.1, 0.15) is 16.7 Å². The average molecular weight is 291 g/mol. The van der Waals surface area contributed by atoms with E-state index in [2.05, 4.69) is 5.32 Å². The first-order chi connectivity index (χ1) is 9.81. The first kappa shape index (κ1) is 14.7. The van der Waals surface area contributed by atoms with Crippen LogP contribution in [0, 0.1) is 18.3 Å². The van der Waals surface area contributed by atoms with E-state index in [1.54, 1.807) is 12.1 Å². The number of halogens is 3. The lowest BCUT2D eigenvalue weighted by Crippen LogP contribution is -2.08. The highest BCUT2D eigenvalue weighted by atomic mass is 19.4.